The van der Waals surface area contributed by atoms with Crippen LogP contribution in [0.3, 0.4) is 0 Å². The van der Waals surface area contributed by atoms with Gasteiger partial charge in [-0.2, -0.15) is 0 Å². The van der Waals surface area contributed by atoms with Gasteiger partial charge >= 0.3 is 0 Å². The molecule has 0 fully saturated rings. The summed E-state index contributed by atoms with van der Waals surface area (Å²) in [4.78, 5) is 2.49. The maximum atomic E-state index is 2.49. The van der Waals surface area contributed by atoms with Gasteiger partial charge in [0.15, 0.2) is 0 Å². The van der Waals surface area contributed by atoms with Crippen LogP contribution in [0.1, 0.15) is 22.3 Å². The zero-order valence-corrected chi connectivity index (χ0v) is 39.0. The Labute approximate surface area is 411 Å². The Hall–Kier alpha value is -8.76. The van der Waals surface area contributed by atoms with Gasteiger partial charge in [0.05, 0.1) is 22.1 Å². The maximum absolute atomic E-state index is 2.49. The van der Waals surface area contributed by atoms with Crippen molar-refractivity contribution >= 4 is 70.4 Å². The van der Waals surface area contributed by atoms with Crippen LogP contribution in [0.4, 0.5) is 17.1 Å². The zero-order chi connectivity index (χ0) is 46.2. The summed E-state index contributed by atoms with van der Waals surface area (Å²) in [6, 6.07) is 98.6. The molecule has 328 valence electrons. The average Bonchev–Trinajstić information content (AvgIpc) is 4.08. The van der Waals surface area contributed by atoms with Crippen LogP contribution in [0.25, 0.3) is 81.0 Å². The lowest BCUT2D eigenvalue weighted by Crippen LogP contribution is -2.28. The van der Waals surface area contributed by atoms with E-state index in [-0.39, 0.29) is 0 Å². The molecular formula is C67H44N2S. The maximum Gasteiger partial charge on any atom is 0.0714 e. The van der Waals surface area contributed by atoms with Crippen molar-refractivity contribution in [3.05, 3.63) is 289 Å². The topological polar surface area (TPSA) is 8.17 Å². The summed E-state index contributed by atoms with van der Waals surface area (Å²) >= 11 is 1.86. The van der Waals surface area contributed by atoms with Crippen LogP contribution in [0.2, 0.25) is 0 Å². The van der Waals surface area contributed by atoms with Crippen molar-refractivity contribution < 1.29 is 0 Å². The molecule has 2 aromatic heterocycles. The summed E-state index contributed by atoms with van der Waals surface area (Å²) < 4.78 is 5.02. The third kappa shape index (κ3) is 6.19. The fraction of sp³-hybridized carbons (Fsp3) is 0.0149. The van der Waals surface area contributed by atoms with Crippen LogP contribution in [-0.4, -0.2) is 4.57 Å². The van der Waals surface area contributed by atoms with E-state index < -0.39 is 5.41 Å². The molecule has 0 amide bonds. The van der Waals surface area contributed by atoms with Crippen molar-refractivity contribution in [1.82, 2.24) is 4.57 Å². The molecule has 0 radical (unpaired) electrons. The van der Waals surface area contributed by atoms with Gasteiger partial charge in [0.25, 0.3) is 0 Å². The van der Waals surface area contributed by atoms with E-state index in [0.717, 1.165) is 28.3 Å². The summed E-state index contributed by atoms with van der Waals surface area (Å²) in [5.41, 5.74) is 18.6. The number of anilines is 3. The molecule has 14 rings (SSSR count). The van der Waals surface area contributed by atoms with Crippen LogP contribution < -0.4 is 4.90 Å². The Morgan fingerprint density at radius 1 is 0.343 bits per heavy atom. The fourth-order valence-corrected chi connectivity index (χ4v) is 12.7. The van der Waals surface area contributed by atoms with Gasteiger partial charge < -0.3 is 9.47 Å². The number of para-hydroxylation sites is 2. The van der Waals surface area contributed by atoms with E-state index >= 15 is 0 Å². The van der Waals surface area contributed by atoms with Crippen LogP contribution >= 0.6 is 11.3 Å². The normalized spacial score (nSPS) is 12.7. The van der Waals surface area contributed by atoms with E-state index in [2.05, 4.69) is 276 Å². The summed E-state index contributed by atoms with van der Waals surface area (Å²) in [7, 11) is 0. The molecule has 1 aliphatic carbocycles. The molecule has 0 N–H and O–H groups in total. The van der Waals surface area contributed by atoms with Gasteiger partial charge in [-0.3, -0.25) is 0 Å². The highest BCUT2D eigenvalue weighted by atomic mass is 32.1. The van der Waals surface area contributed by atoms with Crippen molar-refractivity contribution in [3.63, 3.8) is 0 Å². The predicted octanol–water partition coefficient (Wildman–Crippen LogP) is 18.3. The first-order chi connectivity index (χ1) is 34.7. The van der Waals surface area contributed by atoms with E-state index in [0.29, 0.717) is 0 Å². The van der Waals surface area contributed by atoms with E-state index in [1.165, 1.54) is 92.0 Å². The van der Waals surface area contributed by atoms with Crippen LogP contribution in [0.5, 0.6) is 0 Å². The molecule has 0 saturated heterocycles. The molecule has 2 heterocycles. The molecule has 13 aromatic rings. The third-order valence-electron chi connectivity index (χ3n) is 14.7. The average molecular weight is 909 g/mol. The first kappa shape index (κ1) is 40.3. The quantitative estimate of drug-likeness (QED) is 0.147. The third-order valence-corrected chi connectivity index (χ3v) is 15.8. The number of hydrogen-bond donors (Lipinski definition) is 0. The Bertz CT molecular complexity index is 4030. The lowest BCUT2D eigenvalue weighted by atomic mass is 9.68. The summed E-state index contributed by atoms with van der Waals surface area (Å²) in [5.74, 6) is 0. The Kier molecular flexibility index (Phi) is 9.33. The second-order valence-electron chi connectivity index (χ2n) is 18.4. The summed E-state index contributed by atoms with van der Waals surface area (Å²) in [6.45, 7) is 0. The molecular weight excluding hydrogens is 865 g/mol. The molecule has 0 bridgehead atoms. The van der Waals surface area contributed by atoms with Gasteiger partial charge in [0, 0.05) is 53.6 Å². The van der Waals surface area contributed by atoms with Gasteiger partial charge in [0.2, 0.25) is 0 Å². The molecule has 0 spiro atoms. The van der Waals surface area contributed by atoms with Crippen LogP contribution in [0.15, 0.2) is 267 Å². The number of hydrogen-bond acceptors (Lipinski definition) is 2. The smallest absolute Gasteiger partial charge is 0.0714 e. The molecule has 3 heteroatoms. The standard InChI is InChI=1S/C67H44N2S/c1-3-20-49(21-4-1)67(50-22-5-2-6-23-50)59-30-11-7-29-57(59)66-60(67)31-17-34-63(66)68(52-24-16-19-47(43-52)48-38-41-65-58(44-48)56-28-10-14-35-64(56)70-65)51-39-36-45(37-40-51)46-18-15-25-53(42-46)69-61-32-12-8-26-54(61)55-27-9-13-33-62(55)69/h1-44H. The lowest BCUT2D eigenvalue weighted by Gasteiger charge is -2.34. The van der Waals surface area contributed by atoms with Crippen molar-refractivity contribution in [2.45, 2.75) is 5.41 Å². The minimum atomic E-state index is -0.526. The van der Waals surface area contributed by atoms with Gasteiger partial charge in [-0.15, -0.1) is 11.3 Å². The van der Waals surface area contributed by atoms with E-state index in [1.54, 1.807) is 0 Å². The van der Waals surface area contributed by atoms with Crippen molar-refractivity contribution in [1.29, 1.82) is 0 Å². The van der Waals surface area contributed by atoms with Crippen molar-refractivity contribution in [2.75, 3.05) is 4.90 Å². The van der Waals surface area contributed by atoms with E-state index in [1.807, 2.05) is 11.3 Å². The lowest BCUT2D eigenvalue weighted by molar-refractivity contribution is 0.768. The van der Waals surface area contributed by atoms with Crippen LogP contribution in [-0.2, 0) is 5.41 Å². The molecule has 0 aliphatic heterocycles. The minimum Gasteiger partial charge on any atom is -0.310 e. The second-order valence-corrected chi connectivity index (χ2v) is 19.5. The van der Waals surface area contributed by atoms with Gasteiger partial charge in [-0.1, -0.05) is 194 Å². The highest BCUT2D eigenvalue weighted by molar-refractivity contribution is 7.25. The molecule has 0 atom stereocenters. The molecule has 11 aromatic carbocycles. The number of nitrogens with zero attached hydrogens (tertiary/aromatic N) is 2. The van der Waals surface area contributed by atoms with Gasteiger partial charge in [-0.05, 0) is 123 Å². The zero-order valence-electron chi connectivity index (χ0n) is 38.2. The SMILES string of the molecule is c1ccc(C2(c3ccccc3)c3ccccc3-c3c(N(c4ccc(-c5cccc(-n6c7ccccc7c7ccccc76)c5)cc4)c4cccc(-c5ccc6sc7ccccc7c6c5)c4)cccc32)cc1. The number of benzene rings is 11. The Balaban J connectivity index is 0.956. The van der Waals surface area contributed by atoms with Crippen LogP contribution in [0, 0.1) is 0 Å². The molecule has 0 saturated carbocycles. The largest absolute Gasteiger partial charge is 0.310 e. The number of thiophene rings is 1. The molecule has 0 unspecified atom stereocenters. The first-order valence-corrected chi connectivity index (χ1v) is 24.9. The van der Waals surface area contributed by atoms with E-state index in [4.69, 9.17) is 0 Å². The number of rotatable bonds is 8. The highest BCUT2D eigenvalue weighted by Gasteiger charge is 2.47. The summed E-state index contributed by atoms with van der Waals surface area (Å²) in [6.07, 6.45) is 0. The van der Waals surface area contributed by atoms with Gasteiger partial charge in [0.1, 0.15) is 0 Å². The molecule has 2 nitrogen and oxygen atoms in total. The van der Waals surface area contributed by atoms with Crippen molar-refractivity contribution in [2.24, 2.45) is 0 Å². The first-order valence-electron chi connectivity index (χ1n) is 24.1. The summed E-state index contributed by atoms with van der Waals surface area (Å²) in [5, 5.41) is 5.13. The second kappa shape index (κ2) is 16.2. The number of fused-ring (bicyclic) bond motifs is 9. The van der Waals surface area contributed by atoms with Crippen molar-refractivity contribution in [3.8, 4) is 39.1 Å². The molecule has 1 aliphatic rings. The monoisotopic (exact) mass is 908 g/mol. The Morgan fingerprint density at radius 2 is 0.900 bits per heavy atom. The molecule has 70 heavy (non-hydrogen) atoms. The predicted molar refractivity (Wildman–Crippen MR) is 297 cm³/mol. The fourth-order valence-electron chi connectivity index (χ4n) is 11.6. The van der Waals surface area contributed by atoms with Gasteiger partial charge in [-0.25, -0.2) is 0 Å². The highest BCUT2D eigenvalue weighted by Crippen LogP contribution is 2.59. The minimum absolute atomic E-state index is 0.526. The number of aromatic nitrogens is 1. The Morgan fingerprint density at radius 3 is 1.64 bits per heavy atom. The van der Waals surface area contributed by atoms with E-state index in [9.17, 15) is 0 Å².